The molecule has 0 radical (unpaired) electrons. The normalized spacial score (nSPS) is 34.0. The standard InChI is InChI=1S/C7H13BrO/c1-2-7(3-5-8)4-6-9-7/h2-6H2,1H3. The van der Waals surface area contributed by atoms with E-state index in [-0.39, 0.29) is 5.60 Å². The Kier molecular flexibility index (Phi) is 2.53. The first-order valence-electron chi connectivity index (χ1n) is 3.53. The topological polar surface area (TPSA) is 9.23 Å². The van der Waals surface area contributed by atoms with Crippen LogP contribution in [0.4, 0.5) is 0 Å². The number of hydrogen-bond donors (Lipinski definition) is 0. The van der Waals surface area contributed by atoms with Gasteiger partial charge in [-0.1, -0.05) is 22.9 Å². The van der Waals surface area contributed by atoms with Crippen molar-refractivity contribution in [1.82, 2.24) is 0 Å². The Hall–Kier alpha value is 0.440. The van der Waals surface area contributed by atoms with E-state index in [9.17, 15) is 0 Å². The fourth-order valence-electron chi connectivity index (χ4n) is 1.22. The zero-order valence-corrected chi connectivity index (χ0v) is 7.41. The van der Waals surface area contributed by atoms with Gasteiger partial charge >= 0.3 is 0 Å². The summed E-state index contributed by atoms with van der Waals surface area (Å²) in [6.45, 7) is 3.17. The smallest absolute Gasteiger partial charge is 0.0709 e. The van der Waals surface area contributed by atoms with Crippen molar-refractivity contribution in [3.63, 3.8) is 0 Å². The van der Waals surface area contributed by atoms with Crippen molar-refractivity contribution < 1.29 is 4.74 Å². The molecule has 1 saturated heterocycles. The van der Waals surface area contributed by atoms with Crippen LogP contribution in [0.3, 0.4) is 0 Å². The van der Waals surface area contributed by atoms with Gasteiger partial charge in [-0.05, 0) is 19.3 Å². The molecule has 0 amide bonds. The third-order valence-corrected chi connectivity index (χ3v) is 2.56. The van der Waals surface area contributed by atoms with Gasteiger partial charge in [-0.3, -0.25) is 0 Å². The third-order valence-electron chi connectivity index (χ3n) is 2.16. The number of ether oxygens (including phenoxy) is 1. The summed E-state index contributed by atoms with van der Waals surface area (Å²) in [6.07, 6.45) is 3.59. The van der Waals surface area contributed by atoms with Gasteiger partial charge in [0.2, 0.25) is 0 Å². The second kappa shape index (κ2) is 3.02. The van der Waals surface area contributed by atoms with Gasteiger partial charge in [-0.25, -0.2) is 0 Å². The van der Waals surface area contributed by atoms with E-state index in [4.69, 9.17) is 4.74 Å². The van der Waals surface area contributed by atoms with Crippen LogP contribution in [0.15, 0.2) is 0 Å². The van der Waals surface area contributed by atoms with E-state index in [1.165, 1.54) is 19.3 Å². The number of hydrogen-bond acceptors (Lipinski definition) is 1. The molecule has 0 spiro atoms. The molecule has 1 atom stereocenters. The summed E-state index contributed by atoms with van der Waals surface area (Å²) in [5.74, 6) is 0. The van der Waals surface area contributed by atoms with Crippen LogP contribution in [0, 0.1) is 0 Å². The molecule has 0 saturated carbocycles. The Labute approximate surface area is 64.9 Å². The highest BCUT2D eigenvalue weighted by molar-refractivity contribution is 9.09. The van der Waals surface area contributed by atoms with Gasteiger partial charge in [0.1, 0.15) is 0 Å². The number of alkyl halides is 1. The molecule has 0 aromatic heterocycles. The molecule has 1 aliphatic rings. The van der Waals surface area contributed by atoms with Crippen LogP contribution in [0.25, 0.3) is 0 Å². The van der Waals surface area contributed by atoms with Gasteiger partial charge in [0.25, 0.3) is 0 Å². The zero-order valence-electron chi connectivity index (χ0n) is 5.82. The van der Waals surface area contributed by atoms with Gasteiger partial charge in [0.05, 0.1) is 12.2 Å². The summed E-state index contributed by atoms with van der Waals surface area (Å²) in [5, 5.41) is 1.07. The molecule has 54 valence electrons. The van der Waals surface area contributed by atoms with E-state index in [1.807, 2.05) is 0 Å². The summed E-state index contributed by atoms with van der Waals surface area (Å²) in [6, 6.07) is 0. The summed E-state index contributed by atoms with van der Waals surface area (Å²) < 4.78 is 5.48. The minimum atomic E-state index is 0.267. The van der Waals surface area contributed by atoms with E-state index in [0.717, 1.165) is 11.9 Å². The predicted octanol–water partition coefficient (Wildman–Crippen LogP) is 2.34. The predicted molar refractivity (Wildman–Crippen MR) is 42.0 cm³/mol. The Morgan fingerprint density at radius 2 is 2.33 bits per heavy atom. The van der Waals surface area contributed by atoms with Crippen LogP contribution in [0.1, 0.15) is 26.2 Å². The Morgan fingerprint density at radius 1 is 1.67 bits per heavy atom. The van der Waals surface area contributed by atoms with Gasteiger partial charge in [0, 0.05) is 5.33 Å². The second-order valence-electron chi connectivity index (χ2n) is 2.57. The highest BCUT2D eigenvalue weighted by Gasteiger charge is 2.35. The SMILES string of the molecule is CCC1(CCBr)CCO1. The molecule has 0 aromatic carbocycles. The monoisotopic (exact) mass is 192 g/mol. The first kappa shape index (κ1) is 7.55. The number of rotatable bonds is 3. The van der Waals surface area contributed by atoms with Crippen molar-refractivity contribution in [2.75, 3.05) is 11.9 Å². The molecule has 0 N–H and O–H groups in total. The van der Waals surface area contributed by atoms with Crippen LogP contribution in [0.5, 0.6) is 0 Å². The van der Waals surface area contributed by atoms with Crippen molar-refractivity contribution in [3.8, 4) is 0 Å². The molecule has 9 heavy (non-hydrogen) atoms. The summed E-state index contributed by atoms with van der Waals surface area (Å²) in [4.78, 5) is 0. The third kappa shape index (κ3) is 1.47. The molecule has 1 fully saturated rings. The fourth-order valence-corrected chi connectivity index (χ4v) is 1.94. The van der Waals surface area contributed by atoms with Gasteiger partial charge in [-0.2, -0.15) is 0 Å². The van der Waals surface area contributed by atoms with E-state index < -0.39 is 0 Å². The molecule has 1 aliphatic heterocycles. The van der Waals surface area contributed by atoms with Crippen LogP contribution < -0.4 is 0 Å². The quantitative estimate of drug-likeness (QED) is 0.625. The molecule has 0 aromatic rings. The summed E-state index contributed by atoms with van der Waals surface area (Å²) in [5.41, 5.74) is 0.267. The van der Waals surface area contributed by atoms with Crippen molar-refractivity contribution in [1.29, 1.82) is 0 Å². The minimum Gasteiger partial charge on any atom is -0.375 e. The van der Waals surface area contributed by atoms with E-state index in [0.29, 0.717) is 0 Å². The highest BCUT2D eigenvalue weighted by Crippen LogP contribution is 2.33. The van der Waals surface area contributed by atoms with Crippen LogP contribution in [-0.4, -0.2) is 17.5 Å². The molecule has 1 heterocycles. The molecule has 2 heteroatoms. The fraction of sp³-hybridized carbons (Fsp3) is 1.00. The van der Waals surface area contributed by atoms with E-state index in [1.54, 1.807) is 0 Å². The number of halogens is 1. The average molecular weight is 193 g/mol. The molecular formula is C7H13BrO. The lowest BCUT2D eigenvalue weighted by atomic mass is 9.89. The average Bonchev–Trinajstić information content (AvgIpc) is 1.79. The summed E-state index contributed by atoms with van der Waals surface area (Å²) >= 11 is 3.42. The molecule has 1 rings (SSSR count). The first-order chi connectivity index (χ1) is 4.33. The lowest BCUT2D eigenvalue weighted by molar-refractivity contribution is -0.149. The van der Waals surface area contributed by atoms with Crippen molar-refractivity contribution in [3.05, 3.63) is 0 Å². The van der Waals surface area contributed by atoms with Gasteiger partial charge in [0.15, 0.2) is 0 Å². The Morgan fingerprint density at radius 3 is 2.44 bits per heavy atom. The Balaban J connectivity index is 2.28. The Bertz CT molecular complexity index is 83.4. The lowest BCUT2D eigenvalue weighted by Crippen LogP contribution is -2.43. The molecular weight excluding hydrogens is 180 g/mol. The zero-order chi connectivity index (χ0) is 6.74. The van der Waals surface area contributed by atoms with E-state index >= 15 is 0 Å². The van der Waals surface area contributed by atoms with Gasteiger partial charge in [-0.15, -0.1) is 0 Å². The second-order valence-corrected chi connectivity index (χ2v) is 3.37. The maximum Gasteiger partial charge on any atom is 0.0709 e. The van der Waals surface area contributed by atoms with Crippen molar-refractivity contribution in [2.45, 2.75) is 31.8 Å². The maximum atomic E-state index is 5.48. The molecule has 0 bridgehead atoms. The van der Waals surface area contributed by atoms with Crippen molar-refractivity contribution in [2.24, 2.45) is 0 Å². The highest BCUT2D eigenvalue weighted by atomic mass is 79.9. The van der Waals surface area contributed by atoms with Crippen molar-refractivity contribution >= 4 is 15.9 Å². The summed E-state index contributed by atoms with van der Waals surface area (Å²) in [7, 11) is 0. The largest absolute Gasteiger partial charge is 0.375 e. The molecule has 1 nitrogen and oxygen atoms in total. The van der Waals surface area contributed by atoms with E-state index in [2.05, 4.69) is 22.9 Å². The van der Waals surface area contributed by atoms with Crippen LogP contribution in [-0.2, 0) is 4.74 Å². The minimum absolute atomic E-state index is 0.267. The first-order valence-corrected chi connectivity index (χ1v) is 4.65. The molecule has 1 unspecified atom stereocenters. The lowest BCUT2D eigenvalue weighted by Gasteiger charge is -2.41. The van der Waals surface area contributed by atoms with Crippen LogP contribution >= 0.6 is 15.9 Å². The van der Waals surface area contributed by atoms with Gasteiger partial charge < -0.3 is 4.74 Å². The van der Waals surface area contributed by atoms with Crippen LogP contribution in [0.2, 0.25) is 0 Å². The molecule has 0 aliphatic carbocycles. The maximum absolute atomic E-state index is 5.48.